The monoisotopic (exact) mass is 338 g/mol. The fourth-order valence-electron chi connectivity index (χ4n) is 0.909. The molecule has 0 aliphatic carbocycles. The molecule has 0 aromatic heterocycles. The van der Waals surface area contributed by atoms with Crippen molar-refractivity contribution in [3.8, 4) is 0 Å². The molecule has 0 aliphatic rings. The lowest BCUT2D eigenvalue weighted by Crippen LogP contribution is -2.31. The number of alkyl carbamates (subject to hydrolysis) is 1. The maximum absolute atomic E-state index is 11.5. The number of carbonyl (C=O) groups is 1. The van der Waals surface area contributed by atoms with Gasteiger partial charge in [-0.1, -0.05) is 18.3 Å². The van der Waals surface area contributed by atoms with Crippen LogP contribution in [-0.4, -0.2) is 22.9 Å². The first-order chi connectivity index (χ1) is 8.03. The maximum Gasteiger partial charge on any atom is 0.412 e. The first kappa shape index (κ1) is 17.3. The smallest absolute Gasteiger partial charge is 0.412 e. The van der Waals surface area contributed by atoms with Crippen molar-refractivity contribution in [2.24, 2.45) is 5.73 Å². The molecule has 0 spiro atoms. The second-order valence-electron chi connectivity index (χ2n) is 4.54. The lowest BCUT2D eigenvalue weighted by molar-refractivity contribution is 0.0550. The molecule has 0 radical (unpaired) electrons. The lowest BCUT2D eigenvalue weighted by Gasteiger charge is -2.20. The highest BCUT2D eigenvalue weighted by molar-refractivity contribution is 9.11. The van der Waals surface area contributed by atoms with Crippen LogP contribution in [0.2, 0.25) is 0 Å². The summed E-state index contributed by atoms with van der Waals surface area (Å²) >= 11 is 4.14. The van der Waals surface area contributed by atoms with Gasteiger partial charge in [-0.25, -0.2) is 4.79 Å². The van der Waals surface area contributed by atoms with Gasteiger partial charge in [0.25, 0.3) is 0 Å². The summed E-state index contributed by atoms with van der Waals surface area (Å²) in [5.74, 6) is 0. The summed E-state index contributed by atoms with van der Waals surface area (Å²) in [4.78, 5) is 11.9. The van der Waals surface area contributed by atoms with E-state index in [0.29, 0.717) is 14.5 Å². The number of hydrogen-bond donors (Lipinski definition) is 3. The number of rotatable bonds is 4. The molecule has 0 aromatic carbocycles. The van der Waals surface area contributed by atoms with Crippen molar-refractivity contribution < 1.29 is 14.6 Å². The number of thioether (sulfide) groups is 1. The van der Waals surface area contributed by atoms with Gasteiger partial charge in [0.15, 0.2) is 0 Å². The summed E-state index contributed by atoms with van der Waals surface area (Å²) in [6.45, 7) is 10.5. The minimum atomic E-state index is -0.758. The molecule has 0 saturated carbocycles. The Bertz CT molecular complexity index is 358. The largest absolute Gasteiger partial charge is 0.444 e. The number of aliphatic hydroxyl groups excluding tert-OH is 1. The van der Waals surface area contributed by atoms with Crippen LogP contribution in [0.3, 0.4) is 0 Å². The topological polar surface area (TPSA) is 84.6 Å². The zero-order valence-corrected chi connectivity index (χ0v) is 13.3. The molecule has 4 N–H and O–H groups in total. The lowest BCUT2D eigenvalue weighted by atomic mass is 10.2. The SMILES string of the molecule is C=C(NC(=O)OC(C)(C)C)S/C(=C(\N)Br)C(C)O. The van der Waals surface area contributed by atoms with Crippen molar-refractivity contribution in [3.63, 3.8) is 0 Å². The number of nitrogens with one attached hydrogen (secondary N) is 1. The number of amides is 1. The minimum Gasteiger partial charge on any atom is -0.444 e. The number of ether oxygens (including phenoxy) is 1. The zero-order chi connectivity index (χ0) is 14.5. The Balaban J connectivity index is 4.45. The van der Waals surface area contributed by atoms with Crippen molar-refractivity contribution in [2.45, 2.75) is 39.4 Å². The van der Waals surface area contributed by atoms with Gasteiger partial charge in [0.05, 0.1) is 15.7 Å². The van der Waals surface area contributed by atoms with Crippen LogP contribution in [0, 0.1) is 0 Å². The molecule has 5 nitrogen and oxygen atoms in total. The zero-order valence-electron chi connectivity index (χ0n) is 10.9. The first-order valence-corrected chi connectivity index (χ1v) is 6.84. The highest BCUT2D eigenvalue weighted by atomic mass is 79.9. The number of nitrogens with two attached hydrogens (primary N) is 1. The molecule has 7 heteroatoms. The standard InChI is InChI=1S/C11H19BrN2O3S/c1-6(15)8(9(12)13)18-7(2)14-10(16)17-11(3,4)5/h6,15H,2,13H2,1,3-5H3,(H,14,16)/b9-8-. The van der Waals surface area contributed by atoms with E-state index in [-0.39, 0.29) is 0 Å². The Morgan fingerprint density at radius 1 is 1.56 bits per heavy atom. The third-order valence-electron chi connectivity index (χ3n) is 1.49. The fourth-order valence-corrected chi connectivity index (χ4v) is 2.15. The minimum absolute atomic E-state index is 0.301. The normalized spacial score (nSPS) is 14.6. The molecule has 0 heterocycles. The summed E-state index contributed by atoms with van der Waals surface area (Å²) in [5.41, 5.74) is 4.97. The van der Waals surface area contributed by atoms with E-state index in [2.05, 4.69) is 27.8 Å². The van der Waals surface area contributed by atoms with Crippen LogP contribution in [0.1, 0.15) is 27.7 Å². The Morgan fingerprint density at radius 3 is 2.39 bits per heavy atom. The number of aliphatic hydroxyl groups is 1. The van der Waals surface area contributed by atoms with Gasteiger partial charge in [0, 0.05) is 4.91 Å². The van der Waals surface area contributed by atoms with Crippen LogP contribution in [0.15, 0.2) is 21.1 Å². The van der Waals surface area contributed by atoms with Crippen LogP contribution in [0.5, 0.6) is 0 Å². The van der Waals surface area contributed by atoms with E-state index in [0.717, 1.165) is 11.8 Å². The van der Waals surface area contributed by atoms with Gasteiger partial charge >= 0.3 is 6.09 Å². The summed E-state index contributed by atoms with van der Waals surface area (Å²) in [6, 6.07) is 0. The first-order valence-electron chi connectivity index (χ1n) is 5.23. The molecule has 1 amide bonds. The molecule has 0 rings (SSSR count). The van der Waals surface area contributed by atoms with Gasteiger partial charge in [0.1, 0.15) is 5.60 Å². The summed E-state index contributed by atoms with van der Waals surface area (Å²) in [7, 11) is 0. The second kappa shape index (κ2) is 7.06. The van der Waals surface area contributed by atoms with Crippen LogP contribution in [-0.2, 0) is 4.74 Å². The molecule has 1 atom stereocenters. The van der Waals surface area contributed by atoms with Gasteiger partial charge in [-0.2, -0.15) is 0 Å². The molecular weight excluding hydrogens is 320 g/mol. The Kier molecular flexibility index (Phi) is 6.80. The van der Waals surface area contributed by atoms with E-state index in [1.54, 1.807) is 27.7 Å². The van der Waals surface area contributed by atoms with E-state index in [1.165, 1.54) is 0 Å². The van der Waals surface area contributed by atoms with E-state index in [1.807, 2.05) is 0 Å². The second-order valence-corrected chi connectivity index (χ2v) is 6.53. The third kappa shape index (κ3) is 7.62. The molecule has 104 valence electrons. The molecule has 0 aliphatic heterocycles. The van der Waals surface area contributed by atoms with Crippen molar-refractivity contribution in [3.05, 3.63) is 21.1 Å². The van der Waals surface area contributed by atoms with E-state index in [9.17, 15) is 9.90 Å². The van der Waals surface area contributed by atoms with Crippen LogP contribution < -0.4 is 11.1 Å². The number of halogens is 1. The quantitative estimate of drug-likeness (QED) is 0.686. The molecular formula is C11H19BrN2O3S. The van der Waals surface area contributed by atoms with Crippen LogP contribution in [0.25, 0.3) is 0 Å². The number of carbonyl (C=O) groups excluding carboxylic acids is 1. The molecule has 1 unspecified atom stereocenters. The van der Waals surface area contributed by atoms with Crippen LogP contribution >= 0.6 is 27.7 Å². The highest BCUT2D eigenvalue weighted by Crippen LogP contribution is 2.28. The van der Waals surface area contributed by atoms with Crippen molar-refractivity contribution in [2.75, 3.05) is 0 Å². The average Bonchev–Trinajstić information content (AvgIpc) is 2.09. The maximum atomic E-state index is 11.5. The van der Waals surface area contributed by atoms with E-state index < -0.39 is 17.8 Å². The van der Waals surface area contributed by atoms with E-state index >= 15 is 0 Å². The van der Waals surface area contributed by atoms with Gasteiger partial charge in [-0.3, -0.25) is 5.32 Å². The van der Waals surface area contributed by atoms with Crippen molar-refractivity contribution >= 4 is 33.8 Å². The van der Waals surface area contributed by atoms with Crippen molar-refractivity contribution in [1.82, 2.24) is 5.32 Å². The summed E-state index contributed by atoms with van der Waals surface area (Å²) < 4.78 is 5.37. The predicted octanol–water partition coefficient (Wildman–Crippen LogP) is 2.62. The fraction of sp³-hybridized carbons (Fsp3) is 0.545. The van der Waals surface area contributed by atoms with Crippen LogP contribution in [0.4, 0.5) is 4.79 Å². The Labute approximate surface area is 120 Å². The third-order valence-corrected chi connectivity index (χ3v) is 3.31. The van der Waals surface area contributed by atoms with Gasteiger partial charge < -0.3 is 15.6 Å². The number of hydrogen-bond acceptors (Lipinski definition) is 5. The van der Waals surface area contributed by atoms with Gasteiger partial charge in [-0.05, 0) is 43.6 Å². The highest BCUT2D eigenvalue weighted by Gasteiger charge is 2.18. The van der Waals surface area contributed by atoms with Crippen molar-refractivity contribution in [1.29, 1.82) is 0 Å². The Hall–Kier alpha value is -0.660. The Morgan fingerprint density at radius 2 is 2.06 bits per heavy atom. The molecule has 0 saturated heterocycles. The van der Waals surface area contributed by atoms with E-state index in [4.69, 9.17) is 10.5 Å². The van der Waals surface area contributed by atoms with Gasteiger partial charge in [0.2, 0.25) is 0 Å². The van der Waals surface area contributed by atoms with Gasteiger partial charge in [-0.15, -0.1) is 0 Å². The summed E-state index contributed by atoms with van der Waals surface area (Å²) in [5, 5.41) is 12.3. The molecule has 0 bridgehead atoms. The predicted molar refractivity (Wildman–Crippen MR) is 77.9 cm³/mol. The molecule has 18 heavy (non-hydrogen) atoms. The summed E-state index contributed by atoms with van der Waals surface area (Å²) in [6.07, 6.45) is -1.36. The molecule has 0 fully saturated rings. The average molecular weight is 339 g/mol. The molecule has 0 aromatic rings.